The van der Waals surface area contributed by atoms with Crippen molar-refractivity contribution in [3.8, 4) is 0 Å². The van der Waals surface area contributed by atoms with Gasteiger partial charge in [0.25, 0.3) is 0 Å². The van der Waals surface area contributed by atoms with E-state index in [1.54, 1.807) is 32.9 Å². The average molecular weight is 617 g/mol. The van der Waals surface area contributed by atoms with Crippen LogP contribution in [0.1, 0.15) is 84.1 Å². The largest absolute Gasteiger partial charge is 0.464 e. The number of esters is 1. The fourth-order valence-corrected chi connectivity index (χ4v) is 5.44. The van der Waals surface area contributed by atoms with Crippen molar-refractivity contribution < 1.29 is 38.6 Å². The van der Waals surface area contributed by atoms with E-state index >= 15 is 0 Å². The van der Waals surface area contributed by atoms with E-state index in [1.165, 1.54) is 0 Å². The summed E-state index contributed by atoms with van der Waals surface area (Å²) < 4.78 is 10.6. The lowest BCUT2D eigenvalue weighted by Gasteiger charge is -2.31. The van der Waals surface area contributed by atoms with Gasteiger partial charge >= 0.3 is 12.1 Å². The topological polar surface area (TPSA) is 172 Å². The van der Waals surface area contributed by atoms with Gasteiger partial charge in [-0.3, -0.25) is 14.4 Å². The third kappa shape index (κ3) is 12.1. The van der Waals surface area contributed by atoms with Crippen LogP contribution in [-0.2, 0) is 35.1 Å². The molecule has 4 amide bonds. The second-order valence-electron chi connectivity index (χ2n) is 12.7. The first-order valence-corrected chi connectivity index (χ1v) is 15.7. The molecule has 12 heteroatoms. The van der Waals surface area contributed by atoms with Crippen molar-refractivity contribution >= 4 is 29.8 Å². The fourth-order valence-electron chi connectivity index (χ4n) is 5.44. The Morgan fingerprint density at radius 2 is 1.75 bits per heavy atom. The molecule has 5 N–H and O–H groups in total. The molecule has 3 rings (SSSR count). The van der Waals surface area contributed by atoms with Crippen LogP contribution in [0.2, 0.25) is 0 Å². The third-order valence-corrected chi connectivity index (χ3v) is 7.73. The Balaban J connectivity index is 1.83. The van der Waals surface area contributed by atoms with Crippen LogP contribution in [0.15, 0.2) is 30.3 Å². The molecule has 1 aliphatic carbocycles. The molecule has 2 aliphatic rings. The van der Waals surface area contributed by atoms with Gasteiger partial charge in [0, 0.05) is 19.4 Å². The normalized spacial score (nSPS) is 23.6. The van der Waals surface area contributed by atoms with Gasteiger partial charge in [0.2, 0.25) is 17.7 Å². The van der Waals surface area contributed by atoms with Crippen molar-refractivity contribution in [1.29, 1.82) is 0 Å². The molecular formula is C32H48N4O8. The summed E-state index contributed by atoms with van der Waals surface area (Å²) in [6.45, 7) is 4.94. The molecule has 1 aliphatic heterocycles. The smallest absolute Gasteiger partial charge is 0.408 e. The van der Waals surface area contributed by atoms with Crippen molar-refractivity contribution in [1.82, 2.24) is 21.3 Å². The Hall–Kier alpha value is -3.67. The van der Waals surface area contributed by atoms with Crippen LogP contribution in [0.4, 0.5) is 4.79 Å². The minimum absolute atomic E-state index is 0.0550. The van der Waals surface area contributed by atoms with Crippen LogP contribution in [0.3, 0.4) is 0 Å². The number of hydrogen-bond acceptors (Lipinski definition) is 8. The maximum absolute atomic E-state index is 13.7. The highest BCUT2D eigenvalue weighted by Gasteiger charge is 2.35. The zero-order valence-corrected chi connectivity index (χ0v) is 26.1. The number of rotatable bonds is 7. The molecule has 0 aromatic heterocycles. The number of cyclic esters (lactones) is 1. The molecule has 0 radical (unpaired) electrons. The molecule has 44 heavy (non-hydrogen) atoms. The molecule has 1 aromatic carbocycles. The van der Waals surface area contributed by atoms with Gasteiger partial charge in [0.1, 0.15) is 17.7 Å². The molecular weight excluding hydrogens is 568 g/mol. The predicted octanol–water partition coefficient (Wildman–Crippen LogP) is 2.27. The van der Waals surface area contributed by atoms with E-state index in [0.717, 1.165) is 37.7 Å². The summed E-state index contributed by atoms with van der Waals surface area (Å²) in [4.78, 5) is 65.2. The number of aliphatic hydroxyl groups excluding tert-OH is 1. The second kappa shape index (κ2) is 17.0. The van der Waals surface area contributed by atoms with Gasteiger partial charge in [-0.2, -0.15) is 0 Å². The van der Waals surface area contributed by atoms with Crippen molar-refractivity contribution in [3.05, 3.63) is 35.9 Å². The molecule has 0 bridgehead atoms. The van der Waals surface area contributed by atoms with E-state index in [-0.39, 0.29) is 37.8 Å². The molecule has 2 fully saturated rings. The lowest BCUT2D eigenvalue weighted by Crippen LogP contribution is -2.60. The van der Waals surface area contributed by atoms with Crippen LogP contribution >= 0.6 is 0 Å². The van der Waals surface area contributed by atoms with Crippen molar-refractivity contribution in [2.45, 2.75) is 115 Å². The van der Waals surface area contributed by atoms with E-state index in [9.17, 15) is 29.1 Å². The van der Waals surface area contributed by atoms with E-state index in [2.05, 4.69) is 21.3 Å². The monoisotopic (exact) mass is 616 g/mol. The number of nitrogens with one attached hydrogen (secondary N) is 4. The van der Waals surface area contributed by atoms with E-state index in [1.807, 2.05) is 18.2 Å². The van der Waals surface area contributed by atoms with Gasteiger partial charge in [0.05, 0.1) is 12.6 Å². The first-order valence-electron chi connectivity index (χ1n) is 15.7. The maximum atomic E-state index is 13.7. The Kier molecular flexibility index (Phi) is 13.4. The highest BCUT2D eigenvalue weighted by atomic mass is 16.6. The summed E-state index contributed by atoms with van der Waals surface area (Å²) in [5.41, 5.74) is -0.0377. The highest BCUT2D eigenvalue weighted by Crippen LogP contribution is 2.28. The first-order chi connectivity index (χ1) is 20.9. The number of carbonyl (C=O) groups excluding carboxylic acids is 5. The summed E-state index contributed by atoms with van der Waals surface area (Å²) in [5.74, 6) is -2.31. The summed E-state index contributed by atoms with van der Waals surface area (Å²) in [7, 11) is 0. The summed E-state index contributed by atoms with van der Waals surface area (Å²) >= 11 is 0. The molecule has 1 saturated heterocycles. The number of benzene rings is 1. The van der Waals surface area contributed by atoms with Crippen molar-refractivity contribution in [2.75, 3.05) is 13.2 Å². The zero-order chi connectivity index (χ0) is 32.1. The number of alkyl carbamates (subject to hydrolysis) is 1. The number of hydrogen-bond donors (Lipinski definition) is 5. The number of amides is 4. The third-order valence-electron chi connectivity index (χ3n) is 7.73. The second-order valence-corrected chi connectivity index (χ2v) is 12.7. The number of aliphatic hydroxyl groups is 1. The number of ether oxygens (including phenoxy) is 2. The number of carbonyl (C=O) groups is 5. The fraction of sp³-hybridized carbons (Fsp3) is 0.656. The van der Waals surface area contributed by atoms with Gasteiger partial charge < -0.3 is 35.8 Å². The minimum atomic E-state index is -1.59. The van der Waals surface area contributed by atoms with Crippen molar-refractivity contribution in [3.63, 3.8) is 0 Å². The molecule has 1 heterocycles. The van der Waals surface area contributed by atoms with Gasteiger partial charge in [-0.05, 0) is 51.5 Å². The summed E-state index contributed by atoms with van der Waals surface area (Å²) in [6, 6.07) is 5.74. The Morgan fingerprint density at radius 1 is 1.05 bits per heavy atom. The van der Waals surface area contributed by atoms with E-state index in [0.29, 0.717) is 19.3 Å². The van der Waals surface area contributed by atoms with Crippen LogP contribution in [-0.4, -0.2) is 77.9 Å². The predicted molar refractivity (Wildman–Crippen MR) is 162 cm³/mol. The molecule has 1 aromatic rings. The standard InChI is InChI=1S/C32H48N4O8/c1-32(2,3)44-31(42)36-24(19-22-14-8-5-9-15-22)28(39)35-25-20-33-26(37)16-10-11-17-43-30(41)27(38)23(34-29(25)40)18-21-12-6-4-7-13-21/h5,8-9,14-15,21,23-25,27,38H,4,6-7,10-13,16-20H2,1-3H3,(H,33,37)(H,34,40)(H,35,39)(H,36,42)/t23-,24-,25-,27+/m0/s1. The molecule has 4 atom stereocenters. The van der Waals surface area contributed by atoms with Gasteiger partial charge in [0.15, 0.2) is 6.10 Å². The minimum Gasteiger partial charge on any atom is -0.464 e. The molecule has 1 saturated carbocycles. The Labute approximate surface area is 259 Å². The maximum Gasteiger partial charge on any atom is 0.408 e. The quantitative estimate of drug-likeness (QED) is 0.290. The molecule has 0 spiro atoms. The lowest BCUT2D eigenvalue weighted by atomic mass is 9.83. The van der Waals surface area contributed by atoms with Crippen LogP contribution < -0.4 is 21.3 Å². The first kappa shape index (κ1) is 34.8. The van der Waals surface area contributed by atoms with Gasteiger partial charge in [-0.15, -0.1) is 0 Å². The molecule has 12 nitrogen and oxygen atoms in total. The Bertz CT molecular complexity index is 1120. The van der Waals surface area contributed by atoms with Crippen LogP contribution in [0, 0.1) is 5.92 Å². The van der Waals surface area contributed by atoms with Gasteiger partial charge in [-0.1, -0.05) is 62.4 Å². The SMILES string of the molecule is CC(C)(C)OC(=O)N[C@@H](Cc1ccccc1)C(=O)N[C@H]1CNC(=O)CCCCOC(=O)[C@H](O)[C@H](CC2CCCCC2)NC1=O. The zero-order valence-electron chi connectivity index (χ0n) is 26.1. The van der Waals surface area contributed by atoms with E-state index < -0.39 is 53.7 Å². The van der Waals surface area contributed by atoms with Crippen LogP contribution in [0.25, 0.3) is 0 Å². The average Bonchev–Trinajstić information content (AvgIpc) is 2.97. The highest BCUT2D eigenvalue weighted by molar-refractivity contribution is 5.92. The summed E-state index contributed by atoms with van der Waals surface area (Å²) in [6.07, 6.45) is 4.11. The van der Waals surface area contributed by atoms with Crippen molar-refractivity contribution in [2.24, 2.45) is 5.92 Å². The van der Waals surface area contributed by atoms with E-state index in [4.69, 9.17) is 9.47 Å². The Morgan fingerprint density at radius 3 is 2.43 bits per heavy atom. The molecule has 244 valence electrons. The van der Waals surface area contributed by atoms with Crippen LogP contribution in [0.5, 0.6) is 0 Å². The molecule has 0 unspecified atom stereocenters. The van der Waals surface area contributed by atoms with Gasteiger partial charge in [-0.25, -0.2) is 9.59 Å². The lowest BCUT2D eigenvalue weighted by molar-refractivity contribution is -0.156. The summed E-state index contributed by atoms with van der Waals surface area (Å²) in [5, 5.41) is 21.7.